The van der Waals surface area contributed by atoms with E-state index in [4.69, 9.17) is 23.2 Å². The predicted octanol–water partition coefficient (Wildman–Crippen LogP) is 7.02. The van der Waals surface area contributed by atoms with Gasteiger partial charge in [-0.05, 0) is 63.5 Å². The van der Waals surface area contributed by atoms with Crippen LogP contribution in [0.3, 0.4) is 0 Å². The van der Waals surface area contributed by atoms with Crippen molar-refractivity contribution in [3.05, 3.63) is 74.8 Å². The van der Waals surface area contributed by atoms with Crippen LogP contribution in [0.15, 0.2) is 48.0 Å². The van der Waals surface area contributed by atoms with Gasteiger partial charge in [-0.3, -0.25) is 9.59 Å². The summed E-state index contributed by atoms with van der Waals surface area (Å²) in [7, 11) is 0. The number of aliphatic hydroxyl groups excluding tert-OH is 1. The standard InChI is InChI=1S/C29H36Cl2N2O3/c1-4-6-15-32(16-7-5-2)17-8-18-33-26(23-14-13-22(30)19-24(23)31)25(28(35)29(33)36)27(34)21-11-9-20(3)10-12-21/h9-14,19,26,34H,4-8,15-18H2,1-3H3/t26-/m1/s1. The van der Waals surface area contributed by atoms with Gasteiger partial charge < -0.3 is 14.9 Å². The van der Waals surface area contributed by atoms with Crippen LogP contribution in [0.4, 0.5) is 0 Å². The number of halogens is 2. The molecule has 7 heteroatoms. The van der Waals surface area contributed by atoms with Gasteiger partial charge in [0.25, 0.3) is 11.7 Å². The molecule has 1 amide bonds. The van der Waals surface area contributed by atoms with Crippen molar-refractivity contribution in [2.75, 3.05) is 26.2 Å². The molecule has 0 spiro atoms. The summed E-state index contributed by atoms with van der Waals surface area (Å²) in [6, 6.07) is 11.4. The predicted molar refractivity (Wildman–Crippen MR) is 148 cm³/mol. The maximum absolute atomic E-state index is 13.3. The van der Waals surface area contributed by atoms with E-state index in [1.54, 1.807) is 35.2 Å². The van der Waals surface area contributed by atoms with Crippen LogP contribution in [0.5, 0.6) is 0 Å². The fourth-order valence-electron chi connectivity index (χ4n) is 4.59. The Balaban J connectivity index is 1.95. The van der Waals surface area contributed by atoms with Gasteiger partial charge in [0.1, 0.15) is 5.76 Å². The number of likely N-dealkylation sites (tertiary alicyclic amines) is 1. The second-order valence-electron chi connectivity index (χ2n) is 9.43. The molecule has 1 fully saturated rings. The summed E-state index contributed by atoms with van der Waals surface area (Å²) < 4.78 is 0. The van der Waals surface area contributed by atoms with E-state index in [9.17, 15) is 14.7 Å². The minimum atomic E-state index is -0.782. The lowest BCUT2D eigenvalue weighted by atomic mass is 9.95. The van der Waals surface area contributed by atoms with Crippen molar-refractivity contribution in [1.29, 1.82) is 0 Å². The maximum Gasteiger partial charge on any atom is 0.295 e. The lowest BCUT2D eigenvalue weighted by Crippen LogP contribution is -2.34. The molecule has 3 rings (SSSR count). The van der Waals surface area contributed by atoms with E-state index in [2.05, 4.69) is 18.7 Å². The first kappa shape index (κ1) is 28.2. The van der Waals surface area contributed by atoms with E-state index in [0.29, 0.717) is 34.1 Å². The molecule has 0 aliphatic carbocycles. The highest BCUT2D eigenvalue weighted by Crippen LogP contribution is 2.42. The Bertz CT molecular complexity index is 1090. The fourth-order valence-corrected chi connectivity index (χ4v) is 5.10. The summed E-state index contributed by atoms with van der Waals surface area (Å²) in [5.74, 6) is -1.51. The highest BCUT2D eigenvalue weighted by molar-refractivity contribution is 6.47. The van der Waals surface area contributed by atoms with Crippen molar-refractivity contribution >= 4 is 40.7 Å². The van der Waals surface area contributed by atoms with Gasteiger partial charge in [-0.1, -0.05) is 85.8 Å². The zero-order valence-electron chi connectivity index (χ0n) is 21.4. The number of unbranched alkanes of at least 4 members (excludes halogenated alkanes) is 2. The average molecular weight is 532 g/mol. The summed E-state index contributed by atoms with van der Waals surface area (Å²) in [6.07, 6.45) is 5.24. The lowest BCUT2D eigenvalue weighted by molar-refractivity contribution is -0.140. The average Bonchev–Trinajstić information content (AvgIpc) is 3.10. The third kappa shape index (κ3) is 6.70. The van der Waals surface area contributed by atoms with Gasteiger partial charge in [0.2, 0.25) is 0 Å². The Labute approximate surface area is 224 Å². The molecule has 2 aromatic carbocycles. The monoisotopic (exact) mass is 530 g/mol. The van der Waals surface area contributed by atoms with Gasteiger partial charge >= 0.3 is 0 Å². The Hall–Kier alpha value is -2.34. The van der Waals surface area contributed by atoms with Crippen molar-refractivity contribution in [2.24, 2.45) is 0 Å². The van der Waals surface area contributed by atoms with Crippen molar-refractivity contribution in [3.8, 4) is 0 Å². The van der Waals surface area contributed by atoms with Gasteiger partial charge in [-0.15, -0.1) is 0 Å². The molecular weight excluding hydrogens is 495 g/mol. The van der Waals surface area contributed by atoms with E-state index in [0.717, 1.165) is 50.9 Å². The minimum Gasteiger partial charge on any atom is -0.507 e. The van der Waals surface area contributed by atoms with Gasteiger partial charge in [-0.2, -0.15) is 0 Å². The number of nitrogens with zero attached hydrogens (tertiary/aromatic N) is 2. The van der Waals surface area contributed by atoms with Gasteiger partial charge in [0.05, 0.1) is 11.6 Å². The number of carbonyl (C=O) groups excluding carboxylic acids is 2. The van der Waals surface area contributed by atoms with E-state index in [-0.39, 0.29) is 11.3 Å². The van der Waals surface area contributed by atoms with Crippen molar-refractivity contribution in [1.82, 2.24) is 9.80 Å². The quantitative estimate of drug-likeness (QED) is 0.182. The minimum absolute atomic E-state index is 0.0573. The van der Waals surface area contributed by atoms with Crippen LogP contribution in [0.25, 0.3) is 5.76 Å². The van der Waals surface area contributed by atoms with Crippen molar-refractivity contribution < 1.29 is 14.7 Å². The van der Waals surface area contributed by atoms with E-state index < -0.39 is 17.7 Å². The van der Waals surface area contributed by atoms with E-state index in [1.807, 2.05) is 19.1 Å². The van der Waals surface area contributed by atoms with Crippen molar-refractivity contribution in [3.63, 3.8) is 0 Å². The molecule has 1 aliphatic rings. The molecule has 0 bridgehead atoms. The number of ketones is 1. The first-order chi connectivity index (χ1) is 17.3. The Morgan fingerprint density at radius 3 is 2.14 bits per heavy atom. The second-order valence-corrected chi connectivity index (χ2v) is 10.3. The van der Waals surface area contributed by atoms with Crippen LogP contribution >= 0.6 is 23.2 Å². The molecule has 2 aromatic rings. The van der Waals surface area contributed by atoms with Crippen LogP contribution in [0, 0.1) is 6.92 Å². The Kier molecular flexibility index (Phi) is 10.4. The summed E-state index contributed by atoms with van der Waals surface area (Å²) in [4.78, 5) is 30.5. The number of Topliss-reactive ketones (excluding diaryl/α,β-unsaturated/α-hetero) is 1. The SMILES string of the molecule is CCCCN(CCCC)CCCN1C(=O)C(=O)C(=C(O)c2ccc(C)cc2)[C@H]1c1ccc(Cl)cc1Cl. The fraction of sp³-hybridized carbons (Fsp3) is 0.448. The number of carbonyl (C=O) groups is 2. The molecular formula is C29H36Cl2N2O3. The lowest BCUT2D eigenvalue weighted by Gasteiger charge is -2.28. The van der Waals surface area contributed by atoms with Crippen LogP contribution in [0.2, 0.25) is 10.0 Å². The second kappa shape index (κ2) is 13.3. The summed E-state index contributed by atoms with van der Waals surface area (Å²) >= 11 is 12.7. The molecule has 0 saturated carbocycles. The largest absolute Gasteiger partial charge is 0.507 e. The summed E-state index contributed by atoms with van der Waals surface area (Å²) in [5, 5.41) is 12.0. The number of hydrogen-bond donors (Lipinski definition) is 1. The van der Waals surface area contributed by atoms with Crippen molar-refractivity contribution in [2.45, 2.75) is 58.9 Å². The molecule has 0 radical (unpaired) electrons. The molecule has 0 unspecified atom stereocenters. The molecule has 36 heavy (non-hydrogen) atoms. The van der Waals surface area contributed by atoms with Gasteiger partial charge in [0.15, 0.2) is 0 Å². The zero-order valence-corrected chi connectivity index (χ0v) is 22.9. The molecule has 0 aromatic heterocycles. The van der Waals surface area contributed by atoms with Crippen LogP contribution < -0.4 is 0 Å². The topological polar surface area (TPSA) is 60.9 Å². The van der Waals surface area contributed by atoms with E-state index >= 15 is 0 Å². The number of rotatable bonds is 12. The first-order valence-electron chi connectivity index (χ1n) is 12.8. The van der Waals surface area contributed by atoms with Gasteiger partial charge in [-0.25, -0.2) is 0 Å². The molecule has 1 N–H and O–H groups in total. The number of aryl methyl sites for hydroxylation is 1. The smallest absolute Gasteiger partial charge is 0.295 e. The maximum atomic E-state index is 13.3. The highest BCUT2D eigenvalue weighted by Gasteiger charge is 2.46. The van der Waals surface area contributed by atoms with Crippen LogP contribution in [-0.4, -0.2) is 52.8 Å². The molecule has 194 valence electrons. The van der Waals surface area contributed by atoms with Gasteiger partial charge in [0, 0.05) is 22.2 Å². The first-order valence-corrected chi connectivity index (χ1v) is 13.6. The molecule has 1 aliphatic heterocycles. The number of hydrogen-bond acceptors (Lipinski definition) is 4. The zero-order chi connectivity index (χ0) is 26.2. The Morgan fingerprint density at radius 2 is 1.56 bits per heavy atom. The molecule has 5 nitrogen and oxygen atoms in total. The highest BCUT2D eigenvalue weighted by atomic mass is 35.5. The third-order valence-electron chi connectivity index (χ3n) is 6.65. The summed E-state index contributed by atoms with van der Waals surface area (Å²) in [6.45, 7) is 9.57. The van der Waals surface area contributed by atoms with Crippen LogP contribution in [0.1, 0.15) is 68.7 Å². The third-order valence-corrected chi connectivity index (χ3v) is 7.21. The summed E-state index contributed by atoms with van der Waals surface area (Å²) in [5.41, 5.74) is 2.14. The molecule has 1 heterocycles. The van der Waals surface area contributed by atoms with E-state index in [1.165, 1.54) is 0 Å². The molecule has 1 saturated heterocycles. The molecule has 1 atom stereocenters. The van der Waals surface area contributed by atoms with Crippen LogP contribution in [-0.2, 0) is 9.59 Å². The number of amides is 1. The normalized spacial score (nSPS) is 17.4. The Morgan fingerprint density at radius 1 is 0.944 bits per heavy atom. The number of aliphatic hydroxyl groups is 1. The number of benzene rings is 2.